The molecule has 0 saturated carbocycles. The first-order chi connectivity index (χ1) is 5.22. The van der Waals surface area contributed by atoms with E-state index in [1.807, 2.05) is 13.2 Å². The van der Waals surface area contributed by atoms with Gasteiger partial charge in [-0.1, -0.05) is 6.92 Å². The van der Waals surface area contributed by atoms with E-state index >= 15 is 0 Å². The maximum atomic E-state index is 10.5. The lowest BCUT2D eigenvalue weighted by Crippen LogP contribution is -2.36. The van der Waals surface area contributed by atoms with E-state index in [9.17, 15) is 4.79 Å². The molecule has 0 aliphatic carbocycles. The van der Waals surface area contributed by atoms with Gasteiger partial charge in [0.2, 0.25) is 0 Å². The number of nitrogens with one attached hydrogen (secondary N) is 1. The number of rotatable bonds is 6. The number of carboxylic acid groups (broad SMARTS) is 1. The molecule has 0 fully saturated rings. The molecule has 11 heavy (non-hydrogen) atoms. The SMILES string of the molecule is CCN[C@H](CCSC)C(=O)O. The zero-order valence-corrected chi connectivity index (χ0v) is 7.78. The van der Waals surface area contributed by atoms with Crippen LogP contribution >= 0.6 is 11.8 Å². The smallest absolute Gasteiger partial charge is 0.320 e. The molecule has 0 bridgehead atoms. The number of likely N-dealkylation sites (N-methyl/N-ethyl adjacent to an activating group) is 1. The largest absolute Gasteiger partial charge is 0.480 e. The summed E-state index contributed by atoms with van der Waals surface area (Å²) in [4.78, 5) is 10.5. The fourth-order valence-corrected chi connectivity index (χ4v) is 1.27. The molecule has 2 N–H and O–H groups in total. The van der Waals surface area contributed by atoms with Gasteiger partial charge in [0.25, 0.3) is 0 Å². The Labute approximate surface area is 71.6 Å². The number of aliphatic carboxylic acids is 1. The molecule has 0 aromatic heterocycles. The van der Waals surface area contributed by atoms with Crippen molar-refractivity contribution in [2.75, 3.05) is 18.6 Å². The minimum atomic E-state index is -0.749. The van der Waals surface area contributed by atoms with Crippen LogP contribution in [0, 0.1) is 0 Å². The van der Waals surface area contributed by atoms with Gasteiger partial charge < -0.3 is 10.4 Å². The average molecular weight is 177 g/mol. The van der Waals surface area contributed by atoms with E-state index in [1.54, 1.807) is 11.8 Å². The summed E-state index contributed by atoms with van der Waals surface area (Å²) >= 11 is 1.67. The topological polar surface area (TPSA) is 49.3 Å². The van der Waals surface area contributed by atoms with Gasteiger partial charge in [0.15, 0.2) is 0 Å². The zero-order valence-electron chi connectivity index (χ0n) is 6.96. The normalized spacial score (nSPS) is 12.9. The average Bonchev–Trinajstić information content (AvgIpc) is 1.97. The van der Waals surface area contributed by atoms with Crippen molar-refractivity contribution in [3.8, 4) is 0 Å². The first kappa shape index (κ1) is 10.8. The summed E-state index contributed by atoms with van der Waals surface area (Å²) in [5, 5.41) is 11.6. The first-order valence-electron chi connectivity index (χ1n) is 3.67. The van der Waals surface area contributed by atoms with Crippen LogP contribution in [0.1, 0.15) is 13.3 Å². The minimum Gasteiger partial charge on any atom is -0.480 e. The number of hydrogen-bond donors (Lipinski definition) is 2. The summed E-state index contributed by atoms with van der Waals surface area (Å²) in [5.74, 6) is 0.144. The lowest BCUT2D eigenvalue weighted by atomic mass is 10.2. The van der Waals surface area contributed by atoms with E-state index < -0.39 is 5.97 Å². The lowest BCUT2D eigenvalue weighted by molar-refractivity contribution is -0.139. The van der Waals surface area contributed by atoms with Crippen LogP contribution in [0.3, 0.4) is 0 Å². The van der Waals surface area contributed by atoms with E-state index in [0.717, 1.165) is 5.75 Å². The maximum absolute atomic E-state index is 10.5. The van der Waals surface area contributed by atoms with Crippen LogP contribution in [0.5, 0.6) is 0 Å². The molecule has 0 aliphatic rings. The van der Waals surface area contributed by atoms with Crippen molar-refractivity contribution in [3.63, 3.8) is 0 Å². The van der Waals surface area contributed by atoms with Crippen molar-refractivity contribution in [2.45, 2.75) is 19.4 Å². The quantitative estimate of drug-likeness (QED) is 0.630. The molecule has 0 aromatic carbocycles. The number of hydrogen-bond acceptors (Lipinski definition) is 3. The Morgan fingerprint density at radius 2 is 2.36 bits per heavy atom. The number of carboxylic acids is 1. The van der Waals surface area contributed by atoms with Crippen molar-refractivity contribution < 1.29 is 9.90 Å². The predicted octanol–water partition coefficient (Wildman–Crippen LogP) is 0.802. The van der Waals surface area contributed by atoms with Gasteiger partial charge in [0, 0.05) is 0 Å². The molecule has 0 unspecified atom stereocenters. The Morgan fingerprint density at radius 3 is 2.73 bits per heavy atom. The van der Waals surface area contributed by atoms with Crippen LogP contribution in [0.25, 0.3) is 0 Å². The van der Waals surface area contributed by atoms with Gasteiger partial charge in [-0.05, 0) is 25.0 Å². The second-order valence-corrected chi connectivity index (χ2v) is 3.22. The Balaban J connectivity index is 3.60. The Morgan fingerprint density at radius 1 is 1.73 bits per heavy atom. The molecule has 66 valence electrons. The molecular formula is C7H15NO2S. The van der Waals surface area contributed by atoms with Gasteiger partial charge in [-0.2, -0.15) is 11.8 Å². The zero-order chi connectivity index (χ0) is 8.69. The molecule has 1 atom stereocenters. The van der Waals surface area contributed by atoms with E-state index in [4.69, 9.17) is 5.11 Å². The van der Waals surface area contributed by atoms with Crippen molar-refractivity contribution in [3.05, 3.63) is 0 Å². The second-order valence-electron chi connectivity index (χ2n) is 2.23. The van der Waals surface area contributed by atoms with Crippen LogP contribution in [0.4, 0.5) is 0 Å². The molecular weight excluding hydrogens is 162 g/mol. The van der Waals surface area contributed by atoms with Crippen molar-refractivity contribution in [1.29, 1.82) is 0 Å². The highest BCUT2D eigenvalue weighted by Gasteiger charge is 2.14. The van der Waals surface area contributed by atoms with Gasteiger partial charge in [0.05, 0.1) is 0 Å². The lowest BCUT2D eigenvalue weighted by Gasteiger charge is -2.11. The highest BCUT2D eigenvalue weighted by molar-refractivity contribution is 7.98. The summed E-state index contributed by atoms with van der Waals surface area (Å²) in [6.07, 6.45) is 2.68. The molecule has 4 heteroatoms. The molecule has 0 saturated heterocycles. The van der Waals surface area contributed by atoms with Crippen LogP contribution in [-0.4, -0.2) is 35.7 Å². The van der Waals surface area contributed by atoms with Crippen molar-refractivity contribution in [2.24, 2.45) is 0 Å². The highest BCUT2D eigenvalue weighted by atomic mass is 32.2. The van der Waals surface area contributed by atoms with Crippen molar-refractivity contribution >= 4 is 17.7 Å². The third-order valence-corrected chi connectivity index (χ3v) is 2.00. The predicted molar refractivity (Wildman–Crippen MR) is 48.1 cm³/mol. The third-order valence-electron chi connectivity index (χ3n) is 1.36. The number of carbonyl (C=O) groups is 1. The Bertz CT molecular complexity index is 119. The molecule has 0 aromatic rings. The van der Waals surface area contributed by atoms with Gasteiger partial charge in [0.1, 0.15) is 6.04 Å². The maximum Gasteiger partial charge on any atom is 0.320 e. The van der Waals surface area contributed by atoms with Gasteiger partial charge in [-0.15, -0.1) is 0 Å². The molecule has 0 heterocycles. The molecule has 0 radical (unpaired) electrons. The third kappa shape index (κ3) is 5.09. The second kappa shape index (κ2) is 6.49. The standard InChI is InChI=1S/C7H15NO2S/c1-3-8-6(7(9)10)4-5-11-2/h6,8H,3-5H2,1-2H3,(H,9,10)/t6-/m1/s1. The van der Waals surface area contributed by atoms with E-state index in [1.165, 1.54) is 0 Å². The van der Waals surface area contributed by atoms with Crippen LogP contribution in [0.15, 0.2) is 0 Å². The van der Waals surface area contributed by atoms with E-state index in [0.29, 0.717) is 13.0 Å². The molecule has 0 amide bonds. The van der Waals surface area contributed by atoms with Crippen LogP contribution in [-0.2, 0) is 4.79 Å². The van der Waals surface area contributed by atoms with Gasteiger partial charge in [-0.3, -0.25) is 4.79 Å². The van der Waals surface area contributed by atoms with Crippen molar-refractivity contribution in [1.82, 2.24) is 5.32 Å². The molecule has 3 nitrogen and oxygen atoms in total. The summed E-state index contributed by atoms with van der Waals surface area (Å²) in [6, 6.07) is -0.368. The first-order valence-corrected chi connectivity index (χ1v) is 5.06. The fourth-order valence-electron chi connectivity index (χ4n) is 0.795. The van der Waals surface area contributed by atoms with E-state index in [-0.39, 0.29) is 6.04 Å². The fraction of sp³-hybridized carbons (Fsp3) is 0.857. The monoisotopic (exact) mass is 177 g/mol. The summed E-state index contributed by atoms with van der Waals surface area (Å²) in [7, 11) is 0. The summed E-state index contributed by atoms with van der Waals surface area (Å²) in [6.45, 7) is 2.63. The number of thioether (sulfide) groups is 1. The summed E-state index contributed by atoms with van der Waals surface area (Å²) in [5.41, 5.74) is 0. The van der Waals surface area contributed by atoms with Crippen LogP contribution < -0.4 is 5.32 Å². The minimum absolute atomic E-state index is 0.368. The van der Waals surface area contributed by atoms with Crippen LogP contribution in [0.2, 0.25) is 0 Å². The highest BCUT2D eigenvalue weighted by Crippen LogP contribution is 2.00. The van der Waals surface area contributed by atoms with Gasteiger partial charge in [-0.25, -0.2) is 0 Å². The molecule has 0 spiro atoms. The molecule has 0 rings (SSSR count). The molecule has 0 aliphatic heterocycles. The summed E-state index contributed by atoms with van der Waals surface area (Å²) < 4.78 is 0. The Hall–Kier alpha value is -0.220. The Kier molecular flexibility index (Phi) is 6.36. The van der Waals surface area contributed by atoms with Gasteiger partial charge >= 0.3 is 5.97 Å². The van der Waals surface area contributed by atoms with E-state index in [2.05, 4.69) is 5.32 Å².